The van der Waals surface area contributed by atoms with Crippen molar-refractivity contribution in [1.29, 1.82) is 0 Å². The van der Waals surface area contributed by atoms with Gasteiger partial charge in [-0.1, -0.05) is 19.3 Å². The SMILES string of the molecule is O=C(COc1ccc([N+](=O)[O-])cc1)NC(=O)NC1CCCCC1. The van der Waals surface area contributed by atoms with Gasteiger partial charge in [-0.25, -0.2) is 4.79 Å². The number of nitro groups is 1. The maximum Gasteiger partial charge on any atom is 0.321 e. The van der Waals surface area contributed by atoms with E-state index in [1.54, 1.807) is 0 Å². The van der Waals surface area contributed by atoms with Crippen molar-refractivity contribution >= 4 is 17.6 Å². The van der Waals surface area contributed by atoms with Gasteiger partial charge in [-0.05, 0) is 25.0 Å². The molecule has 0 saturated heterocycles. The van der Waals surface area contributed by atoms with Gasteiger partial charge in [0.05, 0.1) is 4.92 Å². The minimum absolute atomic E-state index is 0.0614. The van der Waals surface area contributed by atoms with Gasteiger partial charge >= 0.3 is 6.03 Å². The molecule has 1 aromatic carbocycles. The monoisotopic (exact) mass is 321 g/mol. The predicted octanol–water partition coefficient (Wildman–Crippen LogP) is 2.13. The van der Waals surface area contributed by atoms with E-state index in [-0.39, 0.29) is 18.3 Å². The van der Waals surface area contributed by atoms with Crippen LogP contribution in [0.15, 0.2) is 24.3 Å². The summed E-state index contributed by atoms with van der Waals surface area (Å²) in [7, 11) is 0. The zero-order valence-electron chi connectivity index (χ0n) is 12.6. The Kier molecular flexibility index (Phi) is 5.90. The fraction of sp³-hybridized carbons (Fsp3) is 0.467. The third-order valence-corrected chi connectivity index (χ3v) is 3.61. The van der Waals surface area contributed by atoms with E-state index in [4.69, 9.17) is 4.74 Å². The molecule has 1 aliphatic rings. The molecule has 2 N–H and O–H groups in total. The van der Waals surface area contributed by atoms with Crippen LogP contribution in [-0.2, 0) is 4.79 Å². The van der Waals surface area contributed by atoms with Gasteiger partial charge in [0.2, 0.25) is 0 Å². The van der Waals surface area contributed by atoms with Crippen LogP contribution in [0.1, 0.15) is 32.1 Å². The number of rotatable bonds is 5. The van der Waals surface area contributed by atoms with Crippen molar-refractivity contribution < 1.29 is 19.2 Å². The molecule has 0 spiro atoms. The molecule has 3 amide bonds. The number of imide groups is 1. The fourth-order valence-corrected chi connectivity index (χ4v) is 2.44. The van der Waals surface area contributed by atoms with E-state index < -0.39 is 16.9 Å². The largest absolute Gasteiger partial charge is 0.484 e. The first-order valence-electron chi connectivity index (χ1n) is 7.52. The normalized spacial score (nSPS) is 14.8. The molecule has 8 heteroatoms. The quantitative estimate of drug-likeness (QED) is 0.637. The van der Waals surface area contributed by atoms with Crippen molar-refractivity contribution in [3.05, 3.63) is 34.4 Å². The van der Waals surface area contributed by atoms with Gasteiger partial charge in [-0.15, -0.1) is 0 Å². The molecule has 2 rings (SSSR count). The van der Waals surface area contributed by atoms with Crippen LogP contribution < -0.4 is 15.4 Å². The molecule has 0 atom stereocenters. The van der Waals surface area contributed by atoms with E-state index >= 15 is 0 Å². The Balaban J connectivity index is 1.71. The highest BCUT2D eigenvalue weighted by molar-refractivity contribution is 5.95. The van der Waals surface area contributed by atoms with Crippen molar-refractivity contribution in [1.82, 2.24) is 10.6 Å². The minimum atomic E-state index is -0.573. The number of nitro benzene ring substituents is 1. The van der Waals surface area contributed by atoms with Crippen LogP contribution >= 0.6 is 0 Å². The molecule has 1 fully saturated rings. The topological polar surface area (TPSA) is 111 Å². The van der Waals surface area contributed by atoms with Crippen LogP contribution in [0.3, 0.4) is 0 Å². The Morgan fingerprint density at radius 1 is 1.17 bits per heavy atom. The molecule has 23 heavy (non-hydrogen) atoms. The predicted molar refractivity (Wildman–Crippen MR) is 82.1 cm³/mol. The van der Waals surface area contributed by atoms with E-state index in [0.29, 0.717) is 5.75 Å². The third-order valence-electron chi connectivity index (χ3n) is 3.61. The van der Waals surface area contributed by atoms with Crippen LogP contribution in [0.25, 0.3) is 0 Å². The molecule has 0 aliphatic heterocycles. The van der Waals surface area contributed by atoms with Crippen molar-refractivity contribution in [2.24, 2.45) is 0 Å². The molecule has 1 aliphatic carbocycles. The highest BCUT2D eigenvalue weighted by Gasteiger charge is 2.17. The number of non-ortho nitro benzene ring substituents is 1. The van der Waals surface area contributed by atoms with Gasteiger partial charge < -0.3 is 10.1 Å². The molecule has 1 aromatic rings. The first-order chi connectivity index (χ1) is 11.0. The smallest absolute Gasteiger partial charge is 0.321 e. The molecule has 0 aromatic heterocycles. The number of urea groups is 1. The standard InChI is InChI=1S/C15H19N3O5/c19-14(17-15(20)16-11-4-2-1-3-5-11)10-23-13-8-6-12(7-9-13)18(21)22/h6-9,11H,1-5,10H2,(H2,16,17,19,20). The highest BCUT2D eigenvalue weighted by Crippen LogP contribution is 2.18. The number of nitrogens with zero attached hydrogens (tertiary/aromatic N) is 1. The summed E-state index contributed by atoms with van der Waals surface area (Å²) in [5.41, 5.74) is -0.0614. The van der Waals surface area contributed by atoms with Crippen LogP contribution in [0.5, 0.6) is 5.75 Å². The number of carbonyl (C=O) groups excluding carboxylic acids is 2. The molecule has 0 radical (unpaired) electrons. The fourth-order valence-electron chi connectivity index (χ4n) is 2.44. The Bertz CT molecular complexity index is 567. The summed E-state index contributed by atoms with van der Waals surface area (Å²) in [6.07, 6.45) is 5.22. The zero-order chi connectivity index (χ0) is 16.7. The van der Waals surface area contributed by atoms with Crippen LogP contribution in [0.4, 0.5) is 10.5 Å². The average Bonchev–Trinajstić information content (AvgIpc) is 2.54. The highest BCUT2D eigenvalue weighted by atomic mass is 16.6. The lowest BCUT2D eigenvalue weighted by molar-refractivity contribution is -0.384. The van der Waals surface area contributed by atoms with Gasteiger partial charge in [0.1, 0.15) is 5.75 Å². The lowest BCUT2D eigenvalue weighted by Gasteiger charge is -2.22. The Labute approximate surface area is 133 Å². The lowest BCUT2D eigenvalue weighted by atomic mass is 9.96. The van der Waals surface area contributed by atoms with Crippen molar-refractivity contribution in [3.63, 3.8) is 0 Å². The number of hydrogen-bond donors (Lipinski definition) is 2. The van der Waals surface area contributed by atoms with Gasteiger partial charge in [-0.2, -0.15) is 0 Å². The molecule has 0 heterocycles. The van der Waals surface area contributed by atoms with Gasteiger partial charge in [0.25, 0.3) is 11.6 Å². The van der Waals surface area contributed by atoms with Gasteiger partial charge in [0, 0.05) is 18.2 Å². The second-order valence-corrected chi connectivity index (χ2v) is 5.40. The molecule has 0 bridgehead atoms. The first kappa shape index (κ1) is 16.7. The lowest BCUT2D eigenvalue weighted by Crippen LogP contribution is -2.46. The number of carbonyl (C=O) groups is 2. The van der Waals surface area contributed by atoms with E-state index in [1.807, 2.05) is 0 Å². The average molecular weight is 321 g/mol. The second kappa shape index (κ2) is 8.11. The van der Waals surface area contributed by atoms with E-state index in [9.17, 15) is 19.7 Å². The Hall–Kier alpha value is -2.64. The molecule has 0 unspecified atom stereocenters. The number of ether oxygens (including phenoxy) is 1. The summed E-state index contributed by atoms with van der Waals surface area (Å²) in [5, 5.41) is 15.5. The zero-order valence-corrected chi connectivity index (χ0v) is 12.6. The van der Waals surface area contributed by atoms with Crippen LogP contribution in [-0.4, -0.2) is 29.5 Å². The van der Waals surface area contributed by atoms with Crippen molar-refractivity contribution in [3.8, 4) is 5.75 Å². The summed E-state index contributed by atoms with van der Waals surface area (Å²) in [6, 6.07) is 4.95. The van der Waals surface area contributed by atoms with Gasteiger partial charge in [-0.3, -0.25) is 20.2 Å². The summed E-state index contributed by atoms with van der Waals surface area (Å²) in [6.45, 7) is -0.337. The second-order valence-electron chi connectivity index (χ2n) is 5.40. The summed E-state index contributed by atoms with van der Waals surface area (Å²) < 4.78 is 5.18. The van der Waals surface area contributed by atoms with E-state index in [0.717, 1.165) is 25.7 Å². The van der Waals surface area contributed by atoms with Crippen LogP contribution in [0.2, 0.25) is 0 Å². The molecular formula is C15H19N3O5. The number of amides is 3. The number of benzene rings is 1. The number of nitrogens with one attached hydrogen (secondary N) is 2. The minimum Gasteiger partial charge on any atom is -0.484 e. The molecular weight excluding hydrogens is 302 g/mol. The maximum atomic E-state index is 11.7. The first-order valence-corrected chi connectivity index (χ1v) is 7.52. The molecule has 8 nitrogen and oxygen atoms in total. The van der Waals surface area contributed by atoms with E-state index in [1.165, 1.54) is 30.7 Å². The maximum absolute atomic E-state index is 11.7. The Morgan fingerprint density at radius 2 is 1.83 bits per heavy atom. The van der Waals surface area contributed by atoms with Crippen molar-refractivity contribution in [2.75, 3.05) is 6.61 Å². The molecule has 1 saturated carbocycles. The van der Waals surface area contributed by atoms with Crippen LogP contribution in [0, 0.1) is 10.1 Å². The van der Waals surface area contributed by atoms with E-state index in [2.05, 4.69) is 10.6 Å². The number of hydrogen-bond acceptors (Lipinski definition) is 5. The Morgan fingerprint density at radius 3 is 2.43 bits per heavy atom. The summed E-state index contributed by atoms with van der Waals surface area (Å²) >= 11 is 0. The third kappa shape index (κ3) is 5.57. The summed E-state index contributed by atoms with van der Waals surface area (Å²) in [4.78, 5) is 33.3. The summed E-state index contributed by atoms with van der Waals surface area (Å²) in [5.74, 6) is -0.255. The van der Waals surface area contributed by atoms with Crippen molar-refractivity contribution in [2.45, 2.75) is 38.1 Å². The molecule has 124 valence electrons. The van der Waals surface area contributed by atoms with Gasteiger partial charge in [0.15, 0.2) is 6.61 Å².